The summed E-state index contributed by atoms with van der Waals surface area (Å²) in [5.74, 6) is -1.70. The summed E-state index contributed by atoms with van der Waals surface area (Å²) in [6, 6.07) is 0. The van der Waals surface area contributed by atoms with Crippen molar-refractivity contribution in [2.75, 3.05) is 13.2 Å². The molecule has 6 nitrogen and oxygen atoms in total. The Kier molecular flexibility index (Phi) is 6.33. The summed E-state index contributed by atoms with van der Waals surface area (Å²) in [7, 11) is 0. The summed E-state index contributed by atoms with van der Waals surface area (Å²) >= 11 is 0. The molecule has 136 valence electrons. The molecule has 6 heteroatoms. The molecule has 0 saturated carbocycles. The van der Waals surface area contributed by atoms with Crippen LogP contribution in [0, 0.1) is 5.92 Å². The number of rotatable bonds is 4. The average molecular weight is 348 g/mol. The van der Waals surface area contributed by atoms with Gasteiger partial charge in [-0.2, -0.15) is 0 Å². The Morgan fingerprint density at radius 2 is 2.04 bits per heavy atom. The molecule has 2 rings (SSSR count). The van der Waals surface area contributed by atoms with Gasteiger partial charge in [0, 0.05) is 17.6 Å². The highest BCUT2D eigenvalue weighted by Crippen LogP contribution is 2.36. The van der Waals surface area contributed by atoms with Crippen molar-refractivity contribution in [2.24, 2.45) is 5.92 Å². The number of aliphatic hydroxyl groups is 2. The highest BCUT2D eigenvalue weighted by molar-refractivity contribution is 5.91. The van der Waals surface area contributed by atoms with E-state index in [1.807, 2.05) is 6.08 Å². The fourth-order valence-corrected chi connectivity index (χ4v) is 3.04. The molecular formula is C19H24O6. The summed E-state index contributed by atoms with van der Waals surface area (Å²) in [5.41, 5.74) is 1.88. The smallest absolute Gasteiger partial charge is 0.334 e. The second-order valence-corrected chi connectivity index (χ2v) is 6.39. The van der Waals surface area contributed by atoms with Gasteiger partial charge in [0.2, 0.25) is 0 Å². The van der Waals surface area contributed by atoms with Crippen molar-refractivity contribution in [1.82, 2.24) is 0 Å². The molecule has 2 aliphatic rings. The number of ether oxygens (including phenoxy) is 2. The SMILES string of the molecule is C=C(C)C(=O)O[C@H]1C/C(CO)=C\CC/C(CO)=C\[C@@H]2OC(=O)C(=C)[C@@H]21. The zero-order valence-electron chi connectivity index (χ0n) is 14.4. The van der Waals surface area contributed by atoms with Gasteiger partial charge in [-0.3, -0.25) is 0 Å². The molecule has 1 aliphatic carbocycles. The maximum Gasteiger partial charge on any atom is 0.334 e. The minimum atomic E-state index is -0.721. The Labute approximate surface area is 147 Å². The minimum Gasteiger partial charge on any atom is -0.458 e. The van der Waals surface area contributed by atoms with Gasteiger partial charge in [0.05, 0.1) is 19.1 Å². The molecule has 2 N–H and O–H groups in total. The van der Waals surface area contributed by atoms with E-state index in [2.05, 4.69) is 13.2 Å². The van der Waals surface area contributed by atoms with Crippen LogP contribution in [0.5, 0.6) is 0 Å². The van der Waals surface area contributed by atoms with Crippen molar-refractivity contribution in [2.45, 2.75) is 38.4 Å². The monoisotopic (exact) mass is 348 g/mol. The topological polar surface area (TPSA) is 93.1 Å². The Balaban J connectivity index is 2.43. The number of carbonyl (C=O) groups is 2. The van der Waals surface area contributed by atoms with E-state index >= 15 is 0 Å². The van der Waals surface area contributed by atoms with E-state index in [4.69, 9.17) is 9.47 Å². The van der Waals surface area contributed by atoms with Gasteiger partial charge < -0.3 is 19.7 Å². The maximum absolute atomic E-state index is 12.0. The van der Waals surface area contributed by atoms with E-state index in [-0.39, 0.29) is 30.8 Å². The summed E-state index contributed by atoms with van der Waals surface area (Å²) in [5, 5.41) is 19.1. The summed E-state index contributed by atoms with van der Waals surface area (Å²) in [4.78, 5) is 24.1. The van der Waals surface area contributed by atoms with E-state index in [1.54, 1.807) is 6.08 Å². The van der Waals surface area contributed by atoms with Gasteiger partial charge in [0.25, 0.3) is 0 Å². The number of carbonyl (C=O) groups excluding carboxylic acids is 2. The third-order valence-corrected chi connectivity index (χ3v) is 4.44. The average Bonchev–Trinajstić information content (AvgIpc) is 2.85. The largest absolute Gasteiger partial charge is 0.458 e. The van der Waals surface area contributed by atoms with Crippen LogP contribution in [0.1, 0.15) is 26.2 Å². The highest BCUT2D eigenvalue weighted by atomic mass is 16.6. The number of allylic oxidation sites excluding steroid dienone is 1. The van der Waals surface area contributed by atoms with E-state index < -0.39 is 30.1 Å². The number of hydrogen-bond acceptors (Lipinski definition) is 6. The molecule has 3 atom stereocenters. The van der Waals surface area contributed by atoms with Crippen LogP contribution in [-0.4, -0.2) is 47.6 Å². The highest BCUT2D eigenvalue weighted by Gasteiger charge is 2.44. The summed E-state index contributed by atoms with van der Waals surface area (Å²) in [6.07, 6.45) is 3.67. The van der Waals surface area contributed by atoms with Crippen molar-refractivity contribution < 1.29 is 29.3 Å². The van der Waals surface area contributed by atoms with E-state index in [9.17, 15) is 19.8 Å². The van der Waals surface area contributed by atoms with Crippen LogP contribution in [0.25, 0.3) is 0 Å². The van der Waals surface area contributed by atoms with Crippen molar-refractivity contribution in [3.05, 3.63) is 47.6 Å². The van der Waals surface area contributed by atoms with Gasteiger partial charge in [0.1, 0.15) is 12.2 Å². The molecule has 0 bridgehead atoms. The fourth-order valence-electron chi connectivity index (χ4n) is 3.04. The standard InChI is InChI=1S/C19H24O6/c1-11(2)18(22)24-15-7-13(9-20)5-4-6-14(10-21)8-16-17(15)12(3)19(23)25-16/h5,8,15-17,20-21H,1,3-4,6-7,9-10H2,2H3/b13-5+,14-8+/t15-,16-,17+/m0/s1. The molecule has 25 heavy (non-hydrogen) atoms. The van der Waals surface area contributed by atoms with Crippen LogP contribution in [0.3, 0.4) is 0 Å². The lowest BCUT2D eigenvalue weighted by atomic mass is 9.85. The summed E-state index contributed by atoms with van der Waals surface area (Å²) < 4.78 is 10.9. The lowest BCUT2D eigenvalue weighted by Crippen LogP contribution is -2.34. The molecular weight excluding hydrogens is 324 g/mol. The molecule has 0 aromatic heterocycles. The van der Waals surface area contributed by atoms with Crippen molar-refractivity contribution in [3.63, 3.8) is 0 Å². The molecule has 0 unspecified atom stereocenters. The minimum absolute atomic E-state index is 0.161. The fraction of sp³-hybridized carbons (Fsp3) is 0.474. The van der Waals surface area contributed by atoms with E-state index in [0.717, 1.165) is 5.57 Å². The van der Waals surface area contributed by atoms with Crippen LogP contribution in [0.2, 0.25) is 0 Å². The molecule has 1 saturated heterocycles. The van der Waals surface area contributed by atoms with Gasteiger partial charge in [0.15, 0.2) is 0 Å². The van der Waals surface area contributed by atoms with Gasteiger partial charge in [-0.05, 0) is 37.0 Å². The third-order valence-electron chi connectivity index (χ3n) is 4.44. The lowest BCUT2D eigenvalue weighted by molar-refractivity contribution is -0.147. The lowest BCUT2D eigenvalue weighted by Gasteiger charge is -2.27. The van der Waals surface area contributed by atoms with Crippen molar-refractivity contribution in [1.29, 1.82) is 0 Å². The molecule has 1 aliphatic heterocycles. The van der Waals surface area contributed by atoms with Crippen LogP contribution in [0.15, 0.2) is 47.6 Å². The Morgan fingerprint density at radius 3 is 2.64 bits per heavy atom. The van der Waals surface area contributed by atoms with Gasteiger partial charge in [-0.1, -0.05) is 19.2 Å². The van der Waals surface area contributed by atoms with Crippen LogP contribution in [-0.2, 0) is 19.1 Å². The second-order valence-electron chi connectivity index (χ2n) is 6.39. The first-order valence-electron chi connectivity index (χ1n) is 8.22. The van der Waals surface area contributed by atoms with Gasteiger partial charge >= 0.3 is 11.9 Å². The van der Waals surface area contributed by atoms with Gasteiger partial charge in [-0.15, -0.1) is 0 Å². The normalized spacial score (nSPS) is 31.1. The van der Waals surface area contributed by atoms with Crippen molar-refractivity contribution >= 4 is 11.9 Å². The first kappa shape index (κ1) is 19.1. The van der Waals surface area contributed by atoms with E-state index in [0.29, 0.717) is 18.4 Å². The molecule has 1 fully saturated rings. The number of fused-ring (bicyclic) bond motifs is 1. The first-order valence-corrected chi connectivity index (χ1v) is 8.22. The van der Waals surface area contributed by atoms with E-state index in [1.165, 1.54) is 6.92 Å². The maximum atomic E-state index is 12.0. The number of esters is 2. The van der Waals surface area contributed by atoms with Crippen molar-refractivity contribution in [3.8, 4) is 0 Å². The number of hydrogen-bond donors (Lipinski definition) is 2. The van der Waals surface area contributed by atoms with Crippen LogP contribution < -0.4 is 0 Å². The number of aliphatic hydroxyl groups excluding tert-OH is 2. The Bertz CT molecular complexity index is 642. The summed E-state index contributed by atoms with van der Waals surface area (Å²) in [6.45, 7) is 8.56. The molecule has 0 spiro atoms. The zero-order valence-corrected chi connectivity index (χ0v) is 14.4. The second kappa shape index (κ2) is 8.27. The first-order chi connectivity index (χ1) is 11.9. The Hall–Kier alpha value is -2.18. The molecule has 0 amide bonds. The van der Waals surface area contributed by atoms with Gasteiger partial charge in [-0.25, -0.2) is 9.59 Å². The zero-order chi connectivity index (χ0) is 18.6. The third kappa shape index (κ3) is 4.46. The molecule has 0 aromatic rings. The molecule has 0 aromatic carbocycles. The van der Waals surface area contributed by atoms with Crippen LogP contribution in [0.4, 0.5) is 0 Å². The predicted octanol–water partition coefficient (Wildman–Crippen LogP) is 1.59. The quantitative estimate of drug-likeness (QED) is 0.455. The molecule has 0 radical (unpaired) electrons. The van der Waals surface area contributed by atoms with Crippen LogP contribution >= 0.6 is 0 Å². The predicted molar refractivity (Wildman–Crippen MR) is 91.4 cm³/mol. The molecule has 1 heterocycles. The Morgan fingerprint density at radius 1 is 1.36 bits per heavy atom.